The predicted octanol–water partition coefficient (Wildman–Crippen LogP) is 2.06. The molecule has 0 aromatic heterocycles. The molecule has 2 saturated heterocycles. The highest BCUT2D eigenvalue weighted by Crippen LogP contribution is 2.32. The van der Waals surface area contributed by atoms with Crippen molar-refractivity contribution >= 4 is 23.5 Å². The number of carbonyl (C=O) groups excluding carboxylic acids is 2. The number of hydrogen-bond acceptors (Lipinski definition) is 4. The fourth-order valence-corrected chi connectivity index (χ4v) is 4.36. The Kier molecular flexibility index (Phi) is 6.67. The van der Waals surface area contributed by atoms with Gasteiger partial charge in [-0.15, -0.1) is 0 Å². The van der Waals surface area contributed by atoms with Crippen molar-refractivity contribution in [3.63, 3.8) is 0 Å². The Morgan fingerprint density at radius 1 is 1.18 bits per heavy atom. The van der Waals surface area contributed by atoms with E-state index in [-0.39, 0.29) is 24.1 Å². The van der Waals surface area contributed by atoms with Gasteiger partial charge in [-0.1, -0.05) is 24.6 Å². The molecule has 2 aliphatic heterocycles. The summed E-state index contributed by atoms with van der Waals surface area (Å²) in [6, 6.07) is 7.06. The molecule has 0 aliphatic carbocycles. The summed E-state index contributed by atoms with van der Waals surface area (Å²) in [5.74, 6) is 0.591. The first kappa shape index (κ1) is 20.7. The van der Waals surface area contributed by atoms with Gasteiger partial charge in [0.2, 0.25) is 0 Å². The van der Waals surface area contributed by atoms with Gasteiger partial charge in [-0.05, 0) is 31.0 Å². The van der Waals surface area contributed by atoms with Crippen LogP contribution >= 0.6 is 11.6 Å². The normalized spacial score (nSPS) is 23.0. The lowest BCUT2D eigenvalue weighted by molar-refractivity contribution is -0.136. The second kappa shape index (κ2) is 9.01. The maximum atomic E-state index is 12.5. The van der Waals surface area contributed by atoms with Crippen molar-refractivity contribution in [2.45, 2.75) is 25.3 Å². The van der Waals surface area contributed by atoms with E-state index in [0.717, 1.165) is 39.0 Å². The molecule has 2 fully saturated rings. The van der Waals surface area contributed by atoms with Gasteiger partial charge in [0, 0.05) is 56.9 Å². The number of ether oxygens (including phenoxy) is 1. The number of piperazine rings is 1. The van der Waals surface area contributed by atoms with E-state index in [4.69, 9.17) is 16.3 Å². The fourth-order valence-electron chi connectivity index (χ4n) is 4.18. The van der Waals surface area contributed by atoms with Crippen LogP contribution in [0.2, 0.25) is 5.02 Å². The number of urea groups is 1. The SMILES string of the molecule is CC[C@@]1(N2CCN(C(=O)COc3cccc(Cl)c3)CC2)CCN(C(=O)NC)C1. The second-order valence-electron chi connectivity index (χ2n) is 7.42. The van der Waals surface area contributed by atoms with E-state index in [0.29, 0.717) is 23.9 Å². The summed E-state index contributed by atoms with van der Waals surface area (Å²) in [7, 11) is 1.67. The molecule has 0 bridgehead atoms. The number of likely N-dealkylation sites (tertiary alicyclic amines) is 1. The molecule has 154 valence electrons. The van der Waals surface area contributed by atoms with E-state index < -0.39 is 0 Å². The predicted molar refractivity (Wildman–Crippen MR) is 109 cm³/mol. The van der Waals surface area contributed by atoms with Crippen LogP contribution in [0, 0.1) is 0 Å². The minimum atomic E-state index is -0.0118. The molecular formula is C20H29ClN4O3. The smallest absolute Gasteiger partial charge is 0.317 e. The highest BCUT2D eigenvalue weighted by Gasteiger charge is 2.44. The van der Waals surface area contributed by atoms with E-state index in [9.17, 15) is 9.59 Å². The minimum Gasteiger partial charge on any atom is -0.484 e. The highest BCUT2D eigenvalue weighted by molar-refractivity contribution is 6.30. The second-order valence-corrected chi connectivity index (χ2v) is 7.85. The van der Waals surface area contributed by atoms with Crippen molar-refractivity contribution in [3.05, 3.63) is 29.3 Å². The van der Waals surface area contributed by atoms with Gasteiger partial charge in [-0.3, -0.25) is 9.69 Å². The van der Waals surface area contributed by atoms with E-state index in [1.54, 1.807) is 31.3 Å². The van der Waals surface area contributed by atoms with Gasteiger partial charge in [0.1, 0.15) is 5.75 Å². The molecule has 1 N–H and O–H groups in total. The molecule has 3 amide bonds. The summed E-state index contributed by atoms with van der Waals surface area (Å²) in [6.45, 7) is 6.72. The van der Waals surface area contributed by atoms with Crippen molar-refractivity contribution in [3.8, 4) is 5.75 Å². The Bertz CT molecular complexity index is 708. The Hall–Kier alpha value is -1.99. The van der Waals surface area contributed by atoms with Gasteiger partial charge < -0.3 is 19.9 Å². The minimum absolute atomic E-state index is 0.0106. The lowest BCUT2D eigenvalue weighted by atomic mass is 9.92. The van der Waals surface area contributed by atoms with Gasteiger partial charge in [0.15, 0.2) is 6.61 Å². The first-order chi connectivity index (χ1) is 13.5. The molecule has 0 spiro atoms. The molecule has 0 saturated carbocycles. The molecule has 3 rings (SSSR count). The molecule has 8 heteroatoms. The summed E-state index contributed by atoms with van der Waals surface area (Å²) in [6.07, 6.45) is 1.97. The quantitative estimate of drug-likeness (QED) is 0.809. The largest absolute Gasteiger partial charge is 0.484 e. The van der Waals surface area contributed by atoms with Crippen molar-refractivity contribution < 1.29 is 14.3 Å². The lowest BCUT2D eigenvalue weighted by Gasteiger charge is -2.45. The number of nitrogens with one attached hydrogen (secondary N) is 1. The first-order valence-electron chi connectivity index (χ1n) is 9.85. The zero-order valence-electron chi connectivity index (χ0n) is 16.6. The van der Waals surface area contributed by atoms with Crippen LogP contribution in [0.3, 0.4) is 0 Å². The van der Waals surface area contributed by atoms with Crippen molar-refractivity contribution in [1.29, 1.82) is 0 Å². The van der Waals surface area contributed by atoms with Crippen LogP contribution in [0.4, 0.5) is 4.79 Å². The molecule has 0 radical (unpaired) electrons. The molecule has 2 heterocycles. The summed E-state index contributed by atoms with van der Waals surface area (Å²) in [4.78, 5) is 30.7. The van der Waals surface area contributed by atoms with Gasteiger partial charge in [-0.25, -0.2) is 4.79 Å². The van der Waals surface area contributed by atoms with E-state index in [1.165, 1.54) is 0 Å². The van der Waals surface area contributed by atoms with Crippen LogP contribution in [-0.4, -0.2) is 85.1 Å². The number of halogens is 1. The van der Waals surface area contributed by atoms with Gasteiger partial charge in [0.25, 0.3) is 5.91 Å². The van der Waals surface area contributed by atoms with Gasteiger partial charge in [-0.2, -0.15) is 0 Å². The van der Waals surface area contributed by atoms with Gasteiger partial charge in [0.05, 0.1) is 0 Å². The summed E-state index contributed by atoms with van der Waals surface area (Å²) >= 11 is 5.94. The summed E-state index contributed by atoms with van der Waals surface area (Å²) in [5, 5.41) is 3.31. The average Bonchev–Trinajstić information content (AvgIpc) is 3.17. The number of benzene rings is 1. The monoisotopic (exact) mass is 408 g/mol. The topological polar surface area (TPSA) is 65.1 Å². The van der Waals surface area contributed by atoms with Crippen molar-refractivity contribution in [2.75, 3.05) is 52.9 Å². The Labute approximate surface area is 171 Å². The molecule has 2 aliphatic rings. The van der Waals surface area contributed by atoms with Crippen molar-refractivity contribution in [2.24, 2.45) is 0 Å². The molecule has 0 unspecified atom stereocenters. The maximum Gasteiger partial charge on any atom is 0.317 e. The number of amides is 3. The molecule has 7 nitrogen and oxygen atoms in total. The Balaban J connectivity index is 1.50. The van der Waals surface area contributed by atoms with Crippen LogP contribution in [0.1, 0.15) is 19.8 Å². The summed E-state index contributed by atoms with van der Waals surface area (Å²) in [5.41, 5.74) is 0.0128. The van der Waals surface area contributed by atoms with E-state index >= 15 is 0 Å². The zero-order chi connectivity index (χ0) is 20.1. The lowest BCUT2D eigenvalue weighted by Crippen LogP contribution is -2.59. The number of carbonyl (C=O) groups is 2. The van der Waals surface area contributed by atoms with Crippen LogP contribution in [-0.2, 0) is 4.79 Å². The average molecular weight is 409 g/mol. The Morgan fingerprint density at radius 3 is 2.57 bits per heavy atom. The van der Waals surface area contributed by atoms with E-state index in [2.05, 4.69) is 17.1 Å². The maximum absolute atomic E-state index is 12.5. The molecule has 1 aromatic rings. The van der Waals surface area contributed by atoms with Crippen LogP contribution in [0.25, 0.3) is 0 Å². The van der Waals surface area contributed by atoms with E-state index in [1.807, 2.05) is 9.80 Å². The van der Waals surface area contributed by atoms with Crippen molar-refractivity contribution in [1.82, 2.24) is 20.0 Å². The third kappa shape index (κ3) is 4.52. The molecule has 1 aromatic carbocycles. The summed E-state index contributed by atoms with van der Waals surface area (Å²) < 4.78 is 5.58. The zero-order valence-corrected chi connectivity index (χ0v) is 17.4. The van der Waals surface area contributed by atoms with Gasteiger partial charge >= 0.3 is 6.03 Å². The molecular weight excluding hydrogens is 380 g/mol. The molecule has 28 heavy (non-hydrogen) atoms. The fraction of sp³-hybridized carbons (Fsp3) is 0.600. The molecule has 1 atom stereocenters. The third-order valence-electron chi connectivity index (χ3n) is 5.95. The number of nitrogens with zero attached hydrogens (tertiary/aromatic N) is 3. The number of hydrogen-bond donors (Lipinski definition) is 1. The van der Waals surface area contributed by atoms with Crippen LogP contribution < -0.4 is 10.1 Å². The third-order valence-corrected chi connectivity index (χ3v) is 6.19. The van der Waals surface area contributed by atoms with Crippen LogP contribution in [0.5, 0.6) is 5.75 Å². The number of rotatable bonds is 5. The Morgan fingerprint density at radius 2 is 1.93 bits per heavy atom. The standard InChI is InChI=1S/C20H29ClN4O3/c1-3-20(7-8-24(15-20)19(27)22-2)25-11-9-23(10-12-25)18(26)14-28-17-6-4-5-16(21)13-17/h4-6,13H,3,7-12,14-15H2,1-2H3,(H,22,27)/t20-/m1/s1. The van der Waals surface area contributed by atoms with Crippen LogP contribution in [0.15, 0.2) is 24.3 Å². The highest BCUT2D eigenvalue weighted by atomic mass is 35.5. The first-order valence-corrected chi connectivity index (χ1v) is 10.2.